The van der Waals surface area contributed by atoms with Crippen LogP contribution in [0, 0.1) is 34.5 Å². The summed E-state index contributed by atoms with van der Waals surface area (Å²) in [7, 11) is -3.95. The second-order valence-corrected chi connectivity index (χ2v) is 25.7. The van der Waals surface area contributed by atoms with Crippen molar-refractivity contribution in [1.82, 2.24) is 0 Å². The molecule has 0 aliphatic carbocycles. The van der Waals surface area contributed by atoms with Gasteiger partial charge in [-0.25, -0.2) is 0 Å². The molecule has 0 spiro atoms. The van der Waals surface area contributed by atoms with Gasteiger partial charge in [-0.05, 0) is 47.1 Å². The van der Waals surface area contributed by atoms with E-state index in [9.17, 15) is 10.2 Å². The van der Waals surface area contributed by atoms with Gasteiger partial charge >= 0.3 is 0 Å². The Balaban J connectivity index is 4.92. The van der Waals surface area contributed by atoms with E-state index in [2.05, 4.69) is 133 Å². The molecule has 0 rings (SSSR count). The van der Waals surface area contributed by atoms with Crippen LogP contribution in [-0.2, 0) is 13.6 Å². The van der Waals surface area contributed by atoms with E-state index < -0.39 is 28.8 Å². The van der Waals surface area contributed by atoms with Crippen LogP contribution in [-0.4, -0.2) is 64.5 Å². The van der Waals surface area contributed by atoms with Crippen LogP contribution in [0.2, 0.25) is 36.3 Å². The van der Waals surface area contributed by atoms with Crippen molar-refractivity contribution in [1.29, 1.82) is 0 Å². The van der Waals surface area contributed by atoms with Crippen LogP contribution in [0.15, 0.2) is 0 Å². The smallest absolute Gasteiger partial charge is 0.193 e. The second-order valence-electron chi connectivity index (χ2n) is 16.1. The molecule has 0 amide bonds. The number of aliphatic hydroxyl groups is 2. The Morgan fingerprint density at radius 1 is 0.564 bits per heavy atom. The van der Waals surface area contributed by atoms with E-state index in [-0.39, 0.29) is 46.3 Å². The highest BCUT2D eigenvalue weighted by Crippen LogP contribution is 2.40. The van der Waals surface area contributed by atoms with Crippen molar-refractivity contribution in [3.63, 3.8) is 0 Å². The van der Waals surface area contributed by atoms with E-state index in [0.29, 0.717) is 12.8 Å². The largest absolute Gasteiger partial charge is 0.403 e. The number of rotatable bonds is 10. The van der Waals surface area contributed by atoms with Gasteiger partial charge in [-0.1, -0.05) is 107 Å². The summed E-state index contributed by atoms with van der Waals surface area (Å²) in [4.78, 5) is 0. The fourth-order valence-electron chi connectivity index (χ4n) is 2.79. The maximum Gasteiger partial charge on any atom is 0.193 e. The third-order valence-corrected chi connectivity index (χ3v) is 16.6. The van der Waals surface area contributed by atoms with Gasteiger partial charge in [0.2, 0.25) is 0 Å². The van der Waals surface area contributed by atoms with Crippen molar-refractivity contribution in [3.05, 3.63) is 0 Å². The monoisotopic (exact) mass is 582 g/mol. The lowest BCUT2D eigenvalue weighted by Crippen LogP contribution is -2.46. The predicted octanol–water partition coefficient (Wildman–Crippen LogP) is 7.38. The molecule has 228 valence electrons. The van der Waals surface area contributed by atoms with Crippen LogP contribution in [0.5, 0.6) is 0 Å². The Morgan fingerprint density at radius 2 is 0.846 bits per heavy atom. The maximum atomic E-state index is 10.4. The summed E-state index contributed by atoms with van der Waals surface area (Å²) < 4.78 is 18.7. The molecule has 0 aliphatic rings. The summed E-state index contributed by atoms with van der Waals surface area (Å²) in [6.45, 7) is 35.3. The zero-order valence-electron chi connectivity index (χ0n) is 28.3. The number of hydrogen-bond donors (Lipinski definition) is 2. The van der Waals surface area contributed by atoms with Crippen LogP contribution in [0.4, 0.5) is 0 Å². The maximum absolute atomic E-state index is 10.4. The fourth-order valence-corrected chi connectivity index (χ4v) is 5.50. The van der Waals surface area contributed by atoms with Crippen molar-refractivity contribution in [2.24, 2.45) is 10.8 Å². The quantitative estimate of drug-likeness (QED) is 0.208. The van der Waals surface area contributed by atoms with Crippen molar-refractivity contribution >= 4 is 16.6 Å². The zero-order chi connectivity index (χ0) is 31.1. The first-order valence-corrected chi connectivity index (χ1v) is 20.3. The van der Waals surface area contributed by atoms with Crippen LogP contribution >= 0.6 is 0 Å². The fraction of sp³-hybridized carbons (Fsp3) is 0.875. The molecule has 5 nitrogen and oxygen atoms in total. The van der Waals surface area contributed by atoms with Gasteiger partial charge in [0, 0.05) is 12.8 Å². The van der Waals surface area contributed by atoms with E-state index in [1.807, 2.05) is 0 Å². The Hall–Kier alpha value is -0.646. The molecule has 39 heavy (non-hydrogen) atoms. The molecule has 0 aromatic carbocycles. The molecule has 7 heteroatoms. The molecule has 0 aliphatic heterocycles. The van der Waals surface area contributed by atoms with E-state index in [0.717, 1.165) is 0 Å². The summed E-state index contributed by atoms with van der Waals surface area (Å²) >= 11 is 0. The standard InChI is InChI=1S/C32H62O5Si2/c1-29(2,3)27(36-38(13,14)31(7,8)9)21-17-19-25(33)23-35-24-26(34)20-18-22-28(30(4,5)6)37-39(15,16)32(10,11)12/h25-28,33-34H,19-20,23-24H2,1-16H3. The van der Waals surface area contributed by atoms with Gasteiger partial charge in [-0.15, -0.1) is 0 Å². The predicted molar refractivity (Wildman–Crippen MR) is 171 cm³/mol. The minimum Gasteiger partial charge on any atom is -0.403 e. The molecule has 4 atom stereocenters. The van der Waals surface area contributed by atoms with Crippen LogP contribution < -0.4 is 0 Å². The van der Waals surface area contributed by atoms with Crippen molar-refractivity contribution in [3.8, 4) is 23.7 Å². The Labute approximate surface area is 244 Å². The van der Waals surface area contributed by atoms with Crippen LogP contribution in [0.3, 0.4) is 0 Å². The average Bonchev–Trinajstić information content (AvgIpc) is 2.69. The van der Waals surface area contributed by atoms with Crippen LogP contribution in [0.1, 0.15) is 95.9 Å². The van der Waals surface area contributed by atoms with Gasteiger partial charge in [-0.2, -0.15) is 0 Å². The lowest BCUT2D eigenvalue weighted by Gasteiger charge is -2.41. The lowest BCUT2D eigenvalue weighted by atomic mass is 9.89. The summed E-state index contributed by atoms with van der Waals surface area (Å²) in [5.41, 5.74) is -0.256. The number of ether oxygens (including phenoxy) is 1. The molecule has 2 N–H and O–H groups in total. The highest BCUT2D eigenvalue weighted by atomic mass is 28.4. The molecule has 4 unspecified atom stereocenters. The highest BCUT2D eigenvalue weighted by molar-refractivity contribution is 6.74. The first kappa shape index (κ1) is 38.4. The molecule has 0 aromatic heterocycles. The lowest BCUT2D eigenvalue weighted by molar-refractivity contribution is -0.00412. The van der Waals surface area contributed by atoms with Gasteiger partial charge in [0.15, 0.2) is 16.6 Å². The molecular weight excluding hydrogens is 521 g/mol. The molecular formula is C32H62O5Si2. The highest BCUT2D eigenvalue weighted by Gasteiger charge is 2.42. The summed E-state index contributed by atoms with van der Waals surface area (Å²) in [5, 5.41) is 20.9. The van der Waals surface area contributed by atoms with E-state index in [1.165, 1.54) is 0 Å². The summed E-state index contributed by atoms with van der Waals surface area (Å²) in [6, 6.07) is 0. The van der Waals surface area contributed by atoms with E-state index in [4.69, 9.17) is 13.6 Å². The molecule has 0 radical (unpaired) electrons. The first-order chi connectivity index (χ1) is 17.2. The topological polar surface area (TPSA) is 68.2 Å². The van der Waals surface area contributed by atoms with Crippen molar-refractivity contribution in [2.75, 3.05) is 13.2 Å². The molecule has 0 aromatic rings. The Kier molecular flexibility index (Phi) is 14.3. The van der Waals surface area contributed by atoms with E-state index >= 15 is 0 Å². The number of aliphatic hydroxyl groups excluding tert-OH is 2. The molecule has 0 heterocycles. The number of hydrogen-bond acceptors (Lipinski definition) is 5. The molecule has 0 saturated heterocycles. The van der Waals surface area contributed by atoms with Gasteiger partial charge < -0.3 is 23.8 Å². The van der Waals surface area contributed by atoms with Crippen LogP contribution in [0.25, 0.3) is 0 Å². The first-order valence-electron chi connectivity index (χ1n) is 14.5. The Bertz CT molecular complexity index is 790. The molecule has 0 saturated carbocycles. The summed E-state index contributed by atoms with van der Waals surface area (Å²) in [6.07, 6.45) is -1.28. The third kappa shape index (κ3) is 14.2. The van der Waals surface area contributed by atoms with Gasteiger partial charge in [0.1, 0.15) is 12.2 Å². The third-order valence-electron chi connectivity index (χ3n) is 7.77. The van der Waals surface area contributed by atoms with Gasteiger partial charge in [0.05, 0.1) is 25.4 Å². The average molecular weight is 583 g/mol. The van der Waals surface area contributed by atoms with Gasteiger partial charge in [-0.3, -0.25) is 0 Å². The second kappa shape index (κ2) is 14.5. The van der Waals surface area contributed by atoms with Crippen molar-refractivity contribution in [2.45, 2.75) is 157 Å². The van der Waals surface area contributed by atoms with Gasteiger partial charge in [0.25, 0.3) is 0 Å². The normalized spacial score (nSPS) is 16.9. The zero-order valence-corrected chi connectivity index (χ0v) is 30.3. The molecule has 0 bridgehead atoms. The molecule has 0 fully saturated rings. The minimum atomic E-state index is -1.97. The van der Waals surface area contributed by atoms with Crippen molar-refractivity contribution < 1.29 is 23.8 Å². The Morgan fingerprint density at radius 3 is 1.08 bits per heavy atom. The summed E-state index contributed by atoms with van der Waals surface area (Å²) in [5.74, 6) is 12.8. The SMILES string of the molecule is CC(C)(C)C(C#CCC(O)COCC(O)CC#CC(O[Si](C)(C)C(C)(C)C)C(C)(C)C)O[Si](C)(C)C(C)(C)C. The minimum absolute atomic E-state index is 0.0994. The van der Waals surface area contributed by atoms with E-state index in [1.54, 1.807) is 0 Å².